The number of nitrogens with one attached hydrogen (secondary N) is 1. The van der Waals surface area contributed by atoms with Crippen molar-refractivity contribution < 1.29 is 19.1 Å². The Balaban J connectivity index is 1.50. The third kappa shape index (κ3) is 4.60. The summed E-state index contributed by atoms with van der Waals surface area (Å²) in [6.45, 7) is 1.26. The van der Waals surface area contributed by atoms with Crippen LogP contribution in [0.1, 0.15) is 6.92 Å². The molecule has 0 aliphatic carbocycles. The molecule has 3 aromatic carbocycles. The second kappa shape index (κ2) is 8.16. The topological polar surface area (TPSA) is 64.6 Å². The first-order valence-corrected chi connectivity index (χ1v) is 8.29. The minimum Gasteiger partial charge on any atom is -0.482 e. The monoisotopic (exact) mass is 349 g/mol. The van der Waals surface area contributed by atoms with Crippen LogP contribution in [0.15, 0.2) is 72.8 Å². The number of amides is 1. The Morgan fingerprint density at radius 2 is 1.62 bits per heavy atom. The van der Waals surface area contributed by atoms with E-state index in [9.17, 15) is 9.59 Å². The highest BCUT2D eigenvalue weighted by Gasteiger charge is 2.18. The summed E-state index contributed by atoms with van der Waals surface area (Å²) in [7, 11) is 0. The fourth-order valence-electron chi connectivity index (χ4n) is 2.45. The SMILES string of the molecule is C[C@@H](OC(=O)COc1ccc2ccccc2c1)C(=O)Nc1ccccc1. The fourth-order valence-corrected chi connectivity index (χ4v) is 2.45. The van der Waals surface area contributed by atoms with Gasteiger partial charge >= 0.3 is 5.97 Å². The molecule has 5 heteroatoms. The molecular weight excluding hydrogens is 330 g/mol. The number of anilines is 1. The molecule has 0 fully saturated rings. The summed E-state index contributed by atoms with van der Waals surface area (Å²) >= 11 is 0. The lowest BCUT2D eigenvalue weighted by Gasteiger charge is -2.14. The maximum absolute atomic E-state index is 12.0. The maximum Gasteiger partial charge on any atom is 0.344 e. The van der Waals surface area contributed by atoms with Crippen molar-refractivity contribution in [2.75, 3.05) is 11.9 Å². The highest BCUT2D eigenvalue weighted by atomic mass is 16.6. The first-order valence-electron chi connectivity index (χ1n) is 8.29. The molecule has 3 aromatic rings. The van der Waals surface area contributed by atoms with E-state index in [0.717, 1.165) is 10.8 Å². The van der Waals surface area contributed by atoms with E-state index in [1.54, 1.807) is 18.2 Å². The van der Waals surface area contributed by atoms with Crippen LogP contribution in [0.4, 0.5) is 5.69 Å². The zero-order valence-electron chi connectivity index (χ0n) is 14.3. The smallest absolute Gasteiger partial charge is 0.344 e. The molecule has 0 heterocycles. The first kappa shape index (κ1) is 17.5. The molecule has 0 bridgehead atoms. The Bertz CT molecular complexity index is 908. The largest absolute Gasteiger partial charge is 0.482 e. The van der Waals surface area contributed by atoms with Crippen molar-refractivity contribution in [2.24, 2.45) is 0 Å². The molecule has 0 radical (unpaired) electrons. The molecule has 1 atom stereocenters. The summed E-state index contributed by atoms with van der Waals surface area (Å²) in [6, 6.07) is 22.4. The molecule has 26 heavy (non-hydrogen) atoms. The van der Waals surface area contributed by atoms with Crippen LogP contribution in [0.3, 0.4) is 0 Å². The molecule has 0 saturated carbocycles. The molecule has 0 aromatic heterocycles. The van der Waals surface area contributed by atoms with E-state index in [-0.39, 0.29) is 6.61 Å². The van der Waals surface area contributed by atoms with Gasteiger partial charge in [-0.05, 0) is 42.0 Å². The van der Waals surface area contributed by atoms with Crippen LogP contribution in [0.5, 0.6) is 5.75 Å². The van der Waals surface area contributed by atoms with Crippen molar-refractivity contribution in [3.63, 3.8) is 0 Å². The number of fused-ring (bicyclic) bond motifs is 1. The molecule has 5 nitrogen and oxygen atoms in total. The van der Waals surface area contributed by atoms with Crippen LogP contribution in [-0.4, -0.2) is 24.6 Å². The molecule has 132 valence electrons. The number of hydrogen-bond donors (Lipinski definition) is 1. The Hall–Kier alpha value is -3.34. The van der Waals surface area contributed by atoms with E-state index in [0.29, 0.717) is 11.4 Å². The van der Waals surface area contributed by atoms with Crippen LogP contribution < -0.4 is 10.1 Å². The van der Waals surface area contributed by atoms with E-state index >= 15 is 0 Å². The number of benzene rings is 3. The van der Waals surface area contributed by atoms with Gasteiger partial charge in [0.15, 0.2) is 12.7 Å². The summed E-state index contributed by atoms with van der Waals surface area (Å²) in [6.07, 6.45) is -0.914. The van der Waals surface area contributed by atoms with E-state index < -0.39 is 18.0 Å². The summed E-state index contributed by atoms with van der Waals surface area (Å²) in [4.78, 5) is 24.0. The van der Waals surface area contributed by atoms with Gasteiger partial charge in [0, 0.05) is 5.69 Å². The summed E-state index contributed by atoms with van der Waals surface area (Å²) in [5.74, 6) is -0.425. The Morgan fingerprint density at radius 3 is 2.38 bits per heavy atom. The Morgan fingerprint density at radius 1 is 0.923 bits per heavy atom. The standard InChI is InChI=1S/C21H19NO4/c1-15(21(24)22-18-9-3-2-4-10-18)26-20(23)14-25-19-12-11-16-7-5-6-8-17(16)13-19/h2-13,15H,14H2,1H3,(H,22,24)/t15-/m1/s1. The van der Waals surface area contributed by atoms with Gasteiger partial charge in [-0.25, -0.2) is 4.79 Å². The summed E-state index contributed by atoms with van der Waals surface area (Å²) < 4.78 is 10.6. The van der Waals surface area contributed by atoms with Gasteiger partial charge in [-0.3, -0.25) is 4.79 Å². The predicted octanol–water partition coefficient (Wildman–Crippen LogP) is 3.79. The minimum absolute atomic E-state index is 0.263. The van der Waals surface area contributed by atoms with Gasteiger partial charge in [-0.2, -0.15) is 0 Å². The van der Waals surface area contributed by atoms with E-state index in [1.807, 2.05) is 54.6 Å². The molecule has 0 aliphatic heterocycles. The van der Waals surface area contributed by atoms with Crippen molar-refractivity contribution in [3.05, 3.63) is 72.8 Å². The van der Waals surface area contributed by atoms with Gasteiger partial charge < -0.3 is 14.8 Å². The highest BCUT2D eigenvalue weighted by molar-refractivity contribution is 5.95. The molecule has 0 unspecified atom stereocenters. The van der Waals surface area contributed by atoms with Crippen LogP contribution >= 0.6 is 0 Å². The normalized spacial score (nSPS) is 11.6. The lowest BCUT2D eigenvalue weighted by molar-refractivity contribution is -0.155. The quantitative estimate of drug-likeness (QED) is 0.688. The average molecular weight is 349 g/mol. The fraction of sp³-hybridized carbons (Fsp3) is 0.143. The van der Waals surface area contributed by atoms with Crippen molar-refractivity contribution in [1.29, 1.82) is 0 Å². The molecular formula is C21H19NO4. The number of carbonyl (C=O) groups excluding carboxylic acids is 2. The lowest BCUT2D eigenvalue weighted by Crippen LogP contribution is -2.31. The van der Waals surface area contributed by atoms with Gasteiger partial charge in [-0.1, -0.05) is 48.5 Å². The molecule has 0 aliphatic rings. The first-order chi connectivity index (χ1) is 12.6. The number of para-hydroxylation sites is 1. The Kier molecular flexibility index (Phi) is 5.49. The van der Waals surface area contributed by atoms with Gasteiger partial charge in [0.25, 0.3) is 5.91 Å². The number of esters is 1. The summed E-state index contributed by atoms with van der Waals surface area (Å²) in [5, 5.41) is 4.80. The van der Waals surface area contributed by atoms with Crippen molar-refractivity contribution >= 4 is 28.3 Å². The van der Waals surface area contributed by atoms with Crippen LogP contribution in [0, 0.1) is 0 Å². The molecule has 1 N–H and O–H groups in total. The predicted molar refractivity (Wildman–Crippen MR) is 100 cm³/mol. The van der Waals surface area contributed by atoms with Gasteiger partial charge in [0.05, 0.1) is 0 Å². The van der Waals surface area contributed by atoms with E-state index in [4.69, 9.17) is 9.47 Å². The van der Waals surface area contributed by atoms with Crippen molar-refractivity contribution in [3.8, 4) is 5.75 Å². The molecule has 0 spiro atoms. The number of ether oxygens (including phenoxy) is 2. The van der Waals surface area contributed by atoms with E-state index in [2.05, 4.69) is 5.32 Å². The lowest BCUT2D eigenvalue weighted by atomic mass is 10.1. The van der Waals surface area contributed by atoms with E-state index in [1.165, 1.54) is 6.92 Å². The minimum atomic E-state index is -0.914. The number of carbonyl (C=O) groups is 2. The maximum atomic E-state index is 12.0. The van der Waals surface area contributed by atoms with Crippen LogP contribution in [-0.2, 0) is 14.3 Å². The van der Waals surface area contributed by atoms with Gasteiger partial charge in [-0.15, -0.1) is 0 Å². The highest BCUT2D eigenvalue weighted by Crippen LogP contribution is 2.20. The van der Waals surface area contributed by atoms with Crippen LogP contribution in [0.2, 0.25) is 0 Å². The molecule has 1 amide bonds. The molecule has 0 saturated heterocycles. The molecule has 3 rings (SSSR count). The second-order valence-electron chi connectivity index (χ2n) is 5.78. The van der Waals surface area contributed by atoms with Crippen LogP contribution in [0.25, 0.3) is 10.8 Å². The number of hydrogen-bond acceptors (Lipinski definition) is 4. The third-order valence-electron chi connectivity index (χ3n) is 3.80. The van der Waals surface area contributed by atoms with Crippen molar-refractivity contribution in [2.45, 2.75) is 13.0 Å². The van der Waals surface area contributed by atoms with Gasteiger partial charge in [0.1, 0.15) is 5.75 Å². The average Bonchev–Trinajstić information content (AvgIpc) is 2.67. The Labute approximate surface area is 151 Å². The third-order valence-corrected chi connectivity index (χ3v) is 3.80. The van der Waals surface area contributed by atoms with Gasteiger partial charge in [0.2, 0.25) is 0 Å². The number of rotatable bonds is 6. The van der Waals surface area contributed by atoms with Crippen molar-refractivity contribution in [1.82, 2.24) is 0 Å². The second-order valence-corrected chi connectivity index (χ2v) is 5.78. The summed E-state index contributed by atoms with van der Waals surface area (Å²) in [5.41, 5.74) is 0.646. The zero-order chi connectivity index (χ0) is 18.4. The zero-order valence-corrected chi connectivity index (χ0v) is 14.3.